The third-order valence-electron chi connectivity index (χ3n) is 5.08. The van der Waals surface area contributed by atoms with Gasteiger partial charge in [-0.15, -0.1) is 0 Å². The number of fused-ring (bicyclic) bond motifs is 1. The number of aromatic nitrogens is 2. The molecule has 2 heterocycles. The fraction of sp³-hybridized carbons (Fsp3) is 0.304. The van der Waals surface area contributed by atoms with E-state index in [9.17, 15) is 0 Å². The van der Waals surface area contributed by atoms with Crippen molar-refractivity contribution < 1.29 is 0 Å². The Kier molecular flexibility index (Phi) is 5.53. The Morgan fingerprint density at radius 2 is 1.71 bits per heavy atom. The quantitative estimate of drug-likeness (QED) is 0.714. The monoisotopic (exact) mass is 373 g/mol. The first-order valence-electron chi connectivity index (χ1n) is 9.84. The summed E-state index contributed by atoms with van der Waals surface area (Å²) in [6.45, 7) is 3.61. The first-order chi connectivity index (χ1) is 13.7. The molecule has 4 rings (SSSR count). The Bertz CT molecular complexity index is 923. The molecule has 0 radical (unpaired) electrons. The molecule has 1 aliphatic rings. The van der Waals surface area contributed by atoms with Gasteiger partial charge in [-0.3, -0.25) is 0 Å². The van der Waals surface area contributed by atoms with Gasteiger partial charge < -0.3 is 15.1 Å². The molecular weight excluding hydrogens is 346 g/mol. The predicted octanol–water partition coefficient (Wildman–Crippen LogP) is 3.68. The number of nitrogens with zero attached hydrogens (tertiary/aromatic N) is 4. The van der Waals surface area contributed by atoms with E-state index >= 15 is 0 Å². The van der Waals surface area contributed by atoms with Crippen LogP contribution >= 0.6 is 0 Å². The second-order valence-electron chi connectivity index (χ2n) is 7.47. The summed E-state index contributed by atoms with van der Waals surface area (Å²) in [5, 5.41) is 3.39. The lowest BCUT2D eigenvalue weighted by molar-refractivity contribution is 0.425. The van der Waals surface area contributed by atoms with E-state index in [1.54, 1.807) is 0 Å². The number of hydrogen-bond acceptors (Lipinski definition) is 5. The van der Waals surface area contributed by atoms with Crippen molar-refractivity contribution in [2.24, 2.45) is 0 Å². The highest BCUT2D eigenvalue weighted by atomic mass is 15.2. The van der Waals surface area contributed by atoms with Gasteiger partial charge in [0, 0.05) is 37.8 Å². The number of rotatable bonds is 6. The van der Waals surface area contributed by atoms with E-state index in [1.807, 2.05) is 18.2 Å². The number of hydrogen-bond donors (Lipinski definition) is 1. The summed E-state index contributed by atoms with van der Waals surface area (Å²) in [5.74, 6) is 1.67. The minimum atomic E-state index is 0.692. The van der Waals surface area contributed by atoms with Crippen molar-refractivity contribution >= 4 is 11.8 Å². The number of nitrogens with one attached hydrogen (secondary N) is 1. The van der Waals surface area contributed by atoms with Gasteiger partial charge in [0.25, 0.3) is 0 Å². The summed E-state index contributed by atoms with van der Waals surface area (Å²) >= 11 is 0. The fourth-order valence-corrected chi connectivity index (χ4v) is 3.51. The average Bonchev–Trinajstić information content (AvgIpc) is 2.73. The molecule has 0 unspecified atom stereocenters. The van der Waals surface area contributed by atoms with Crippen molar-refractivity contribution in [1.29, 1.82) is 0 Å². The molecule has 0 fully saturated rings. The van der Waals surface area contributed by atoms with Crippen LogP contribution in [0.25, 0.3) is 11.3 Å². The summed E-state index contributed by atoms with van der Waals surface area (Å²) in [6.07, 6.45) is 1.05. The summed E-state index contributed by atoms with van der Waals surface area (Å²) in [5.41, 5.74) is 4.90. The maximum atomic E-state index is 4.84. The molecule has 0 bridgehead atoms. The second-order valence-corrected chi connectivity index (χ2v) is 7.47. The Hall–Kier alpha value is -2.92. The number of benzene rings is 2. The van der Waals surface area contributed by atoms with Gasteiger partial charge in [0.2, 0.25) is 5.95 Å². The lowest BCUT2D eigenvalue weighted by Crippen LogP contribution is -2.31. The van der Waals surface area contributed by atoms with Crippen molar-refractivity contribution in [2.75, 3.05) is 43.9 Å². The fourth-order valence-electron chi connectivity index (χ4n) is 3.51. The molecule has 0 aliphatic carbocycles. The Balaban J connectivity index is 1.64. The van der Waals surface area contributed by atoms with Crippen LogP contribution in [-0.4, -0.2) is 48.6 Å². The van der Waals surface area contributed by atoms with Gasteiger partial charge in [-0.05, 0) is 31.6 Å². The zero-order chi connectivity index (χ0) is 19.3. The van der Waals surface area contributed by atoms with E-state index in [0.717, 1.165) is 49.7 Å². The smallest absolute Gasteiger partial charge is 0.225 e. The molecule has 1 aromatic heterocycles. The van der Waals surface area contributed by atoms with Crippen molar-refractivity contribution in [3.8, 4) is 11.3 Å². The molecule has 0 saturated heterocycles. The third kappa shape index (κ3) is 4.31. The number of likely N-dealkylation sites (N-methyl/N-ethyl adjacent to an activating group) is 1. The van der Waals surface area contributed by atoms with Crippen molar-refractivity contribution in [3.63, 3.8) is 0 Å². The molecule has 0 atom stereocenters. The molecule has 28 heavy (non-hydrogen) atoms. The van der Waals surface area contributed by atoms with Crippen molar-refractivity contribution in [2.45, 2.75) is 13.0 Å². The van der Waals surface area contributed by atoms with Crippen LogP contribution in [0.3, 0.4) is 0 Å². The molecule has 1 N–H and O–H groups in total. The molecule has 5 heteroatoms. The highest BCUT2D eigenvalue weighted by Gasteiger charge is 2.19. The first kappa shape index (κ1) is 18.4. The van der Waals surface area contributed by atoms with Crippen LogP contribution in [0, 0.1) is 0 Å². The lowest BCUT2D eigenvalue weighted by Gasteiger charge is -2.30. The molecule has 1 aliphatic heterocycles. The number of anilines is 2. The Morgan fingerprint density at radius 1 is 0.964 bits per heavy atom. The topological polar surface area (TPSA) is 44.3 Å². The standard InChI is InChI=1S/C23H27N5/c1-27(2)15-13-24-23-25-21(19-9-4-3-5-10-19)16-22(26-23)28-14-12-18-8-6-7-11-20(18)17-28/h3-11,16H,12-15,17H2,1-2H3,(H,24,25,26). The van der Waals surface area contributed by atoms with Crippen LogP contribution in [0.1, 0.15) is 11.1 Å². The van der Waals surface area contributed by atoms with Crippen LogP contribution in [-0.2, 0) is 13.0 Å². The minimum Gasteiger partial charge on any atom is -0.353 e. The largest absolute Gasteiger partial charge is 0.353 e. The van der Waals surface area contributed by atoms with Crippen LogP contribution in [0.5, 0.6) is 0 Å². The summed E-state index contributed by atoms with van der Waals surface area (Å²) in [4.78, 5) is 14.1. The van der Waals surface area contributed by atoms with E-state index in [1.165, 1.54) is 11.1 Å². The van der Waals surface area contributed by atoms with Crippen molar-refractivity contribution in [1.82, 2.24) is 14.9 Å². The minimum absolute atomic E-state index is 0.692. The summed E-state index contributed by atoms with van der Waals surface area (Å²) in [6, 6.07) is 21.1. The predicted molar refractivity (Wildman–Crippen MR) is 116 cm³/mol. The zero-order valence-corrected chi connectivity index (χ0v) is 16.6. The SMILES string of the molecule is CN(C)CCNc1nc(-c2ccccc2)cc(N2CCc3ccccc3C2)n1. The Labute approximate surface area is 167 Å². The van der Waals surface area contributed by atoms with Gasteiger partial charge in [-0.2, -0.15) is 4.98 Å². The molecule has 2 aromatic carbocycles. The van der Waals surface area contributed by atoms with E-state index in [0.29, 0.717) is 5.95 Å². The molecule has 0 spiro atoms. The van der Waals surface area contributed by atoms with Gasteiger partial charge in [0.1, 0.15) is 5.82 Å². The van der Waals surface area contributed by atoms with E-state index in [2.05, 4.69) is 71.7 Å². The van der Waals surface area contributed by atoms with Gasteiger partial charge in [0.15, 0.2) is 0 Å². The zero-order valence-electron chi connectivity index (χ0n) is 16.6. The average molecular weight is 374 g/mol. The summed E-state index contributed by atoms with van der Waals surface area (Å²) in [7, 11) is 4.14. The summed E-state index contributed by atoms with van der Waals surface area (Å²) < 4.78 is 0. The van der Waals surface area contributed by atoms with Crippen molar-refractivity contribution in [3.05, 3.63) is 71.8 Å². The van der Waals surface area contributed by atoms with Crippen LogP contribution < -0.4 is 10.2 Å². The van der Waals surface area contributed by atoms with E-state index in [4.69, 9.17) is 9.97 Å². The highest BCUT2D eigenvalue weighted by molar-refractivity contribution is 5.65. The highest BCUT2D eigenvalue weighted by Crippen LogP contribution is 2.27. The molecule has 5 nitrogen and oxygen atoms in total. The molecular formula is C23H27N5. The maximum absolute atomic E-state index is 4.84. The second kappa shape index (κ2) is 8.40. The van der Waals surface area contributed by atoms with Gasteiger partial charge >= 0.3 is 0 Å². The van der Waals surface area contributed by atoms with Gasteiger partial charge in [0.05, 0.1) is 5.69 Å². The van der Waals surface area contributed by atoms with E-state index in [-0.39, 0.29) is 0 Å². The molecule has 0 saturated carbocycles. The van der Waals surface area contributed by atoms with Crippen LogP contribution in [0.2, 0.25) is 0 Å². The molecule has 3 aromatic rings. The van der Waals surface area contributed by atoms with Gasteiger partial charge in [-0.1, -0.05) is 54.6 Å². The van der Waals surface area contributed by atoms with Crippen LogP contribution in [0.15, 0.2) is 60.7 Å². The molecule has 0 amide bonds. The first-order valence-corrected chi connectivity index (χ1v) is 9.84. The lowest BCUT2D eigenvalue weighted by atomic mass is 10.00. The van der Waals surface area contributed by atoms with E-state index < -0.39 is 0 Å². The van der Waals surface area contributed by atoms with Crippen LogP contribution in [0.4, 0.5) is 11.8 Å². The van der Waals surface area contributed by atoms with Gasteiger partial charge in [-0.25, -0.2) is 4.98 Å². The third-order valence-corrected chi connectivity index (χ3v) is 5.08. The molecule has 144 valence electrons. The Morgan fingerprint density at radius 3 is 2.50 bits per heavy atom. The maximum Gasteiger partial charge on any atom is 0.225 e. The normalized spacial score (nSPS) is 13.5.